The van der Waals surface area contributed by atoms with Crippen molar-refractivity contribution in [3.8, 4) is 0 Å². The summed E-state index contributed by atoms with van der Waals surface area (Å²) in [6.45, 7) is 6.78. The second kappa shape index (κ2) is 10.4. The standard InChI is InChI=1S/C17H23N5O4.CH2O2/c1-11(2)13-9-14(26-20-13)16(24)22-5-3-4-21(6-7-22)10-12-8-15(23)19-17(25)18-12;2-1-3/h8-9,11H,3-7,10H2,1-2H3,(H2,18,19,23,25);1H,(H,2,3). The molecule has 2 aromatic rings. The van der Waals surface area contributed by atoms with Crippen molar-refractivity contribution >= 4 is 12.4 Å². The minimum absolute atomic E-state index is 0.157. The Balaban J connectivity index is 0.000000941. The van der Waals surface area contributed by atoms with Crippen molar-refractivity contribution < 1.29 is 19.2 Å². The van der Waals surface area contributed by atoms with Crippen molar-refractivity contribution in [1.82, 2.24) is 24.9 Å². The van der Waals surface area contributed by atoms with Gasteiger partial charge in [-0.15, -0.1) is 0 Å². The molecule has 1 aliphatic rings. The van der Waals surface area contributed by atoms with E-state index in [2.05, 4.69) is 20.0 Å². The topological polar surface area (TPSA) is 153 Å². The molecule has 11 nitrogen and oxygen atoms in total. The van der Waals surface area contributed by atoms with Gasteiger partial charge in [0, 0.05) is 50.6 Å². The first kappa shape index (κ1) is 22.1. The van der Waals surface area contributed by atoms with Crippen LogP contribution in [0.2, 0.25) is 0 Å². The van der Waals surface area contributed by atoms with E-state index in [9.17, 15) is 14.4 Å². The summed E-state index contributed by atoms with van der Waals surface area (Å²) in [7, 11) is 0. The third-order valence-corrected chi connectivity index (χ3v) is 4.42. The summed E-state index contributed by atoms with van der Waals surface area (Å²) in [4.78, 5) is 52.4. The van der Waals surface area contributed by atoms with E-state index < -0.39 is 11.2 Å². The van der Waals surface area contributed by atoms with Gasteiger partial charge in [-0.2, -0.15) is 0 Å². The average Bonchev–Trinajstić information content (AvgIpc) is 3.03. The Labute approximate surface area is 166 Å². The van der Waals surface area contributed by atoms with Gasteiger partial charge < -0.3 is 19.5 Å². The molecule has 0 aromatic carbocycles. The Morgan fingerprint density at radius 2 is 1.97 bits per heavy atom. The van der Waals surface area contributed by atoms with E-state index in [0.717, 1.165) is 18.7 Å². The van der Waals surface area contributed by atoms with Gasteiger partial charge in [0.25, 0.3) is 17.9 Å². The highest BCUT2D eigenvalue weighted by Crippen LogP contribution is 2.16. The number of hydrogen-bond acceptors (Lipinski definition) is 7. The van der Waals surface area contributed by atoms with Gasteiger partial charge in [-0.05, 0) is 12.3 Å². The molecule has 1 amide bonds. The van der Waals surface area contributed by atoms with Crippen molar-refractivity contribution in [2.24, 2.45) is 0 Å². The van der Waals surface area contributed by atoms with Gasteiger partial charge in [0.2, 0.25) is 5.76 Å². The minimum atomic E-state index is -0.509. The maximum Gasteiger partial charge on any atom is 0.325 e. The van der Waals surface area contributed by atoms with Gasteiger partial charge in [0.05, 0.1) is 5.69 Å². The molecule has 1 aliphatic heterocycles. The summed E-state index contributed by atoms with van der Waals surface area (Å²) in [5.41, 5.74) is 0.408. The molecule has 3 heterocycles. The van der Waals surface area contributed by atoms with Crippen molar-refractivity contribution in [2.45, 2.75) is 32.7 Å². The Morgan fingerprint density at radius 3 is 2.59 bits per heavy atom. The van der Waals surface area contributed by atoms with Gasteiger partial charge in [-0.3, -0.25) is 24.3 Å². The summed E-state index contributed by atoms with van der Waals surface area (Å²) in [5, 5.41) is 10.8. The average molecular weight is 407 g/mol. The molecule has 1 fully saturated rings. The van der Waals surface area contributed by atoms with Crippen LogP contribution in [0.15, 0.2) is 26.2 Å². The molecule has 29 heavy (non-hydrogen) atoms. The predicted molar refractivity (Wildman–Crippen MR) is 103 cm³/mol. The summed E-state index contributed by atoms with van der Waals surface area (Å²) in [6.07, 6.45) is 0.796. The summed E-state index contributed by atoms with van der Waals surface area (Å²) >= 11 is 0. The zero-order valence-electron chi connectivity index (χ0n) is 16.4. The van der Waals surface area contributed by atoms with E-state index in [1.165, 1.54) is 6.07 Å². The molecule has 158 valence electrons. The number of H-pyrrole nitrogens is 2. The second-order valence-corrected chi connectivity index (χ2v) is 6.91. The number of carboxylic acid groups (broad SMARTS) is 1. The highest BCUT2D eigenvalue weighted by molar-refractivity contribution is 5.91. The number of rotatable bonds is 4. The van der Waals surface area contributed by atoms with Gasteiger partial charge in [0.1, 0.15) is 0 Å². The fraction of sp³-hybridized carbons (Fsp3) is 0.500. The Bertz CT molecular complexity index is 903. The van der Waals surface area contributed by atoms with E-state index >= 15 is 0 Å². The zero-order valence-corrected chi connectivity index (χ0v) is 16.4. The van der Waals surface area contributed by atoms with Gasteiger partial charge in [-0.1, -0.05) is 19.0 Å². The molecule has 0 bridgehead atoms. The summed E-state index contributed by atoms with van der Waals surface area (Å²) in [5.74, 6) is 0.313. The fourth-order valence-corrected chi connectivity index (χ4v) is 3.00. The van der Waals surface area contributed by atoms with E-state index in [0.29, 0.717) is 31.9 Å². The maximum atomic E-state index is 12.6. The van der Waals surface area contributed by atoms with E-state index in [-0.39, 0.29) is 24.1 Å². The molecule has 0 atom stereocenters. The van der Waals surface area contributed by atoms with Crippen molar-refractivity contribution in [1.29, 1.82) is 0 Å². The Kier molecular flexibility index (Phi) is 7.89. The van der Waals surface area contributed by atoms with Gasteiger partial charge in [0.15, 0.2) is 0 Å². The molecule has 0 aliphatic carbocycles. The first-order valence-corrected chi connectivity index (χ1v) is 9.22. The number of hydrogen-bond donors (Lipinski definition) is 3. The van der Waals surface area contributed by atoms with Crippen LogP contribution in [0.25, 0.3) is 0 Å². The smallest absolute Gasteiger partial charge is 0.325 e. The molecule has 0 spiro atoms. The van der Waals surface area contributed by atoms with Crippen LogP contribution in [0, 0.1) is 0 Å². The molecule has 3 N–H and O–H groups in total. The Hall–Kier alpha value is -3.21. The lowest BCUT2D eigenvalue weighted by molar-refractivity contribution is -0.122. The first-order valence-electron chi connectivity index (χ1n) is 9.22. The molecule has 2 aromatic heterocycles. The maximum absolute atomic E-state index is 12.6. The lowest BCUT2D eigenvalue weighted by Gasteiger charge is -2.21. The third-order valence-electron chi connectivity index (χ3n) is 4.42. The van der Waals surface area contributed by atoms with Gasteiger partial charge >= 0.3 is 5.69 Å². The largest absolute Gasteiger partial charge is 0.483 e. The number of nitrogens with zero attached hydrogens (tertiary/aromatic N) is 3. The van der Waals surface area contributed by atoms with Crippen LogP contribution in [-0.2, 0) is 11.3 Å². The quantitative estimate of drug-likeness (QED) is 0.609. The predicted octanol–water partition coefficient (Wildman–Crippen LogP) is 0.224. The molecular formula is C18H25N5O6. The van der Waals surface area contributed by atoms with Crippen LogP contribution in [0.3, 0.4) is 0 Å². The highest BCUT2D eigenvalue weighted by atomic mass is 16.5. The van der Waals surface area contributed by atoms with Crippen LogP contribution in [-0.4, -0.2) is 68.6 Å². The highest BCUT2D eigenvalue weighted by Gasteiger charge is 2.24. The third kappa shape index (κ3) is 6.42. The number of carbonyl (C=O) groups is 2. The number of aromatic amines is 2. The van der Waals surface area contributed by atoms with Gasteiger partial charge in [-0.25, -0.2) is 4.79 Å². The molecule has 11 heteroatoms. The minimum Gasteiger partial charge on any atom is -0.483 e. The zero-order chi connectivity index (χ0) is 21.4. The van der Waals surface area contributed by atoms with Crippen LogP contribution < -0.4 is 11.2 Å². The number of carbonyl (C=O) groups excluding carboxylic acids is 1. The van der Waals surface area contributed by atoms with Crippen LogP contribution in [0.5, 0.6) is 0 Å². The monoisotopic (exact) mass is 407 g/mol. The van der Waals surface area contributed by atoms with Crippen LogP contribution in [0.4, 0.5) is 0 Å². The lowest BCUT2D eigenvalue weighted by Crippen LogP contribution is -2.35. The molecular weight excluding hydrogens is 382 g/mol. The van der Waals surface area contributed by atoms with Crippen LogP contribution in [0.1, 0.15) is 48.1 Å². The SMILES string of the molecule is CC(C)c1cc(C(=O)N2CCCN(Cc3cc(=O)[nH]c(=O)[nH]3)CC2)on1.O=CO. The number of nitrogens with one attached hydrogen (secondary N) is 2. The van der Waals surface area contributed by atoms with E-state index in [4.69, 9.17) is 14.4 Å². The lowest BCUT2D eigenvalue weighted by atomic mass is 10.1. The second-order valence-electron chi connectivity index (χ2n) is 6.91. The van der Waals surface area contributed by atoms with E-state index in [1.54, 1.807) is 11.0 Å². The molecule has 1 saturated heterocycles. The fourth-order valence-electron chi connectivity index (χ4n) is 3.00. The first-order chi connectivity index (χ1) is 13.8. The van der Waals surface area contributed by atoms with Crippen molar-refractivity contribution in [3.63, 3.8) is 0 Å². The molecule has 3 rings (SSSR count). The Morgan fingerprint density at radius 1 is 1.24 bits per heavy atom. The summed E-state index contributed by atoms with van der Waals surface area (Å²) in [6, 6.07) is 3.09. The van der Waals surface area contributed by atoms with Crippen LogP contribution >= 0.6 is 0 Å². The number of amides is 1. The van der Waals surface area contributed by atoms with Crippen molar-refractivity contribution in [2.75, 3.05) is 26.2 Å². The normalized spacial score (nSPS) is 14.8. The molecule has 0 radical (unpaired) electrons. The summed E-state index contributed by atoms with van der Waals surface area (Å²) < 4.78 is 5.20. The molecule has 0 unspecified atom stereocenters. The van der Waals surface area contributed by atoms with Crippen molar-refractivity contribution in [3.05, 3.63) is 50.1 Å². The number of aromatic nitrogens is 3. The van der Waals surface area contributed by atoms with E-state index in [1.807, 2.05) is 13.8 Å². The molecule has 0 saturated carbocycles.